The summed E-state index contributed by atoms with van der Waals surface area (Å²) in [6.07, 6.45) is 7.45. The number of rotatable bonds is 6. The lowest BCUT2D eigenvalue weighted by atomic mass is 9.93. The van der Waals surface area contributed by atoms with Crippen molar-refractivity contribution in [3.63, 3.8) is 0 Å². The number of aliphatic hydroxyl groups is 1. The summed E-state index contributed by atoms with van der Waals surface area (Å²) in [4.78, 5) is 14.2. The number of ether oxygens (including phenoxy) is 1. The first kappa shape index (κ1) is 19.6. The molecule has 0 aliphatic heterocycles. The van der Waals surface area contributed by atoms with Crippen LogP contribution in [0.3, 0.4) is 0 Å². The van der Waals surface area contributed by atoms with Gasteiger partial charge in [0.1, 0.15) is 5.75 Å². The van der Waals surface area contributed by atoms with E-state index in [1.54, 1.807) is 7.11 Å². The predicted molar refractivity (Wildman–Crippen MR) is 119 cm³/mol. The summed E-state index contributed by atoms with van der Waals surface area (Å²) in [7, 11) is 1.65. The van der Waals surface area contributed by atoms with Gasteiger partial charge in [0, 0.05) is 17.8 Å². The van der Waals surface area contributed by atoms with Gasteiger partial charge in [0.05, 0.1) is 24.0 Å². The summed E-state index contributed by atoms with van der Waals surface area (Å²) in [6, 6.07) is 6.56. The molecule has 5 rings (SSSR count). The Morgan fingerprint density at radius 1 is 1.13 bits per heavy atom. The van der Waals surface area contributed by atoms with Crippen molar-refractivity contribution < 1.29 is 9.84 Å². The minimum Gasteiger partial charge on any atom is -0.496 e. The summed E-state index contributed by atoms with van der Waals surface area (Å²) >= 11 is 3.54. The summed E-state index contributed by atoms with van der Waals surface area (Å²) in [5.41, 5.74) is 2.50. The van der Waals surface area contributed by atoms with E-state index in [1.165, 1.54) is 0 Å². The molecule has 0 saturated heterocycles. The number of aromatic nitrogens is 4. The quantitative estimate of drug-likeness (QED) is 0.489. The third-order valence-corrected chi connectivity index (χ3v) is 6.43. The molecular formula is C21H25BrN6O2. The lowest BCUT2D eigenvalue weighted by molar-refractivity contribution is 0.126. The Morgan fingerprint density at radius 2 is 1.93 bits per heavy atom. The van der Waals surface area contributed by atoms with Gasteiger partial charge in [0.15, 0.2) is 17.0 Å². The number of hydrogen-bond acceptors (Lipinski definition) is 7. The summed E-state index contributed by atoms with van der Waals surface area (Å²) < 4.78 is 8.34. The fraction of sp³-hybridized carbons (Fsp3) is 0.476. The molecule has 2 heterocycles. The van der Waals surface area contributed by atoms with E-state index in [-0.39, 0.29) is 12.1 Å². The van der Waals surface area contributed by atoms with Gasteiger partial charge in [-0.1, -0.05) is 0 Å². The minimum absolute atomic E-state index is 0.187. The Bertz CT molecular complexity index is 1060. The molecule has 2 fully saturated rings. The van der Waals surface area contributed by atoms with Gasteiger partial charge in [0.25, 0.3) is 0 Å². The number of imidazole rings is 1. The number of benzene rings is 1. The monoisotopic (exact) mass is 472 g/mol. The number of fused-ring (bicyclic) bond motifs is 1. The summed E-state index contributed by atoms with van der Waals surface area (Å²) in [6.45, 7) is 0. The van der Waals surface area contributed by atoms with Crippen LogP contribution in [0.2, 0.25) is 0 Å². The molecule has 2 aromatic heterocycles. The van der Waals surface area contributed by atoms with Crippen molar-refractivity contribution in [2.75, 3.05) is 17.7 Å². The molecule has 0 atom stereocenters. The second kappa shape index (κ2) is 8.03. The van der Waals surface area contributed by atoms with E-state index in [1.807, 2.05) is 24.5 Å². The molecule has 9 heteroatoms. The van der Waals surface area contributed by atoms with Crippen molar-refractivity contribution in [3.05, 3.63) is 29.0 Å². The molecule has 2 aliphatic rings. The number of halogens is 1. The van der Waals surface area contributed by atoms with Crippen LogP contribution in [-0.4, -0.2) is 43.9 Å². The van der Waals surface area contributed by atoms with Gasteiger partial charge in [0.2, 0.25) is 5.95 Å². The van der Waals surface area contributed by atoms with Gasteiger partial charge in [-0.05, 0) is 72.7 Å². The first-order valence-corrected chi connectivity index (χ1v) is 11.2. The molecule has 3 N–H and O–H groups in total. The SMILES string of the molecule is COc1ccc(Nc2nc(NC3CCC(O)CC3)nc3c2ncn3C2CC2)cc1Br. The lowest BCUT2D eigenvalue weighted by Gasteiger charge is -2.26. The van der Waals surface area contributed by atoms with E-state index in [9.17, 15) is 5.11 Å². The van der Waals surface area contributed by atoms with Gasteiger partial charge >= 0.3 is 0 Å². The average molecular weight is 473 g/mol. The van der Waals surface area contributed by atoms with E-state index in [0.717, 1.165) is 65.6 Å². The molecule has 0 spiro atoms. The molecule has 0 bridgehead atoms. The maximum Gasteiger partial charge on any atom is 0.227 e. The van der Waals surface area contributed by atoms with Crippen molar-refractivity contribution in [1.29, 1.82) is 0 Å². The van der Waals surface area contributed by atoms with Gasteiger partial charge in [-0.15, -0.1) is 0 Å². The van der Waals surface area contributed by atoms with Gasteiger partial charge in [-0.25, -0.2) is 4.98 Å². The second-order valence-electron chi connectivity index (χ2n) is 8.08. The normalized spacial score (nSPS) is 21.6. The van der Waals surface area contributed by atoms with E-state index in [0.29, 0.717) is 17.8 Å². The highest BCUT2D eigenvalue weighted by atomic mass is 79.9. The molecule has 3 aromatic rings. The maximum atomic E-state index is 9.79. The molecule has 158 valence electrons. The Morgan fingerprint density at radius 3 is 2.63 bits per heavy atom. The van der Waals surface area contributed by atoms with Crippen LogP contribution in [0.4, 0.5) is 17.5 Å². The smallest absolute Gasteiger partial charge is 0.227 e. The third kappa shape index (κ3) is 3.96. The number of methoxy groups -OCH3 is 1. The van der Waals surface area contributed by atoms with Crippen LogP contribution >= 0.6 is 15.9 Å². The van der Waals surface area contributed by atoms with Crippen molar-refractivity contribution in [1.82, 2.24) is 19.5 Å². The number of aliphatic hydroxyl groups excluding tert-OH is 1. The number of nitrogens with one attached hydrogen (secondary N) is 2. The Balaban J connectivity index is 1.48. The highest BCUT2D eigenvalue weighted by Gasteiger charge is 2.27. The van der Waals surface area contributed by atoms with Crippen LogP contribution in [0.15, 0.2) is 29.0 Å². The average Bonchev–Trinajstić information content (AvgIpc) is 3.49. The second-order valence-corrected chi connectivity index (χ2v) is 8.93. The fourth-order valence-electron chi connectivity index (χ4n) is 3.97. The summed E-state index contributed by atoms with van der Waals surface area (Å²) in [5, 5.41) is 16.7. The zero-order valence-corrected chi connectivity index (χ0v) is 18.4. The first-order chi connectivity index (χ1) is 14.6. The van der Waals surface area contributed by atoms with Crippen LogP contribution in [0, 0.1) is 0 Å². The Labute approximate surface area is 183 Å². The van der Waals surface area contributed by atoms with Crippen molar-refractivity contribution >= 4 is 44.5 Å². The molecule has 0 unspecified atom stereocenters. The fourth-order valence-corrected chi connectivity index (χ4v) is 4.51. The predicted octanol–water partition coefficient (Wildman–Crippen LogP) is 4.39. The van der Waals surface area contributed by atoms with E-state index in [2.05, 4.69) is 36.1 Å². The number of anilines is 3. The lowest BCUT2D eigenvalue weighted by Crippen LogP contribution is -2.29. The molecule has 30 heavy (non-hydrogen) atoms. The van der Waals surface area contributed by atoms with Crippen LogP contribution < -0.4 is 15.4 Å². The highest BCUT2D eigenvalue weighted by molar-refractivity contribution is 9.10. The Hall–Kier alpha value is -2.39. The molecule has 1 aromatic carbocycles. The molecular weight excluding hydrogens is 448 g/mol. The van der Waals surface area contributed by atoms with Gasteiger partial charge in [-0.3, -0.25) is 0 Å². The minimum atomic E-state index is -0.187. The van der Waals surface area contributed by atoms with Crippen LogP contribution in [0.25, 0.3) is 11.2 Å². The van der Waals surface area contributed by atoms with Crippen LogP contribution in [0.5, 0.6) is 5.75 Å². The first-order valence-electron chi connectivity index (χ1n) is 10.4. The van der Waals surface area contributed by atoms with E-state index < -0.39 is 0 Å². The largest absolute Gasteiger partial charge is 0.496 e. The van der Waals surface area contributed by atoms with Crippen molar-refractivity contribution in [2.24, 2.45) is 0 Å². The van der Waals surface area contributed by atoms with Crippen LogP contribution in [-0.2, 0) is 0 Å². The van der Waals surface area contributed by atoms with Crippen molar-refractivity contribution in [3.8, 4) is 5.75 Å². The third-order valence-electron chi connectivity index (χ3n) is 5.81. The molecule has 8 nitrogen and oxygen atoms in total. The molecule has 2 saturated carbocycles. The van der Waals surface area contributed by atoms with Gasteiger partial charge < -0.3 is 25.0 Å². The Kier molecular flexibility index (Phi) is 5.24. The van der Waals surface area contributed by atoms with E-state index in [4.69, 9.17) is 14.7 Å². The standard InChI is InChI=1S/C21H25BrN6O2/c1-30-17-9-4-13(10-16(17)22)24-19-18-20(28(11-23-18)14-5-6-14)27-21(26-19)25-12-2-7-15(29)8-3-12/h4,9-12,14-15,29H,2-3,5-8H2,1H3,(H2,24,25,26,27). The number of hydrogen-bond donors (Lipinski definition) is 3. The molecule has 0 radical (unpaired) electrons. The topological polar surface area (TPSA) is 97.1 Å². The maximum absolute atomic E-state index is 9.79. The van der Waals surface area contributed by atoms with Crippen LogP contribution in [0.1, 0.15) is 44.6 Å². The summed E-state index contributed by atoms with van der Waals surface area (Å²) in [5.74, 6) is 2.05. The number of nitrogens with zero attached hydrogens (tertiary/aromatic N) is 4. The van der Waals surface area contributed by atoms with Gasteiger partial charge in [-0.2, -0.15) is 9.97 Å². The highest BCUT2D eigenvalue weighted by Crippen LogP contribution is 2.38. The molecule has 2 aliphatic carbocycles. The van der Waals surface area contributed by atoms with Crippen molar-refractivity contribution in [2.45, 2.75) is 56.7 Å². The zero-order valence-electron chi connectivity index (χ0n) is 16.8. The van der Waals surface area contributed by atoms with E-state index >= 15 is 0 Å². The zero-order chi connectivity index (χ0) is 20.7. The molecule has 0 amide bonds.